The van der Waals surface area contributed by atoms with Crippen molar-refractivity contribution in [3.63, 3.8) is 0 Å². The van der Waals surface area contributed by atoms with Crippen LogP contribution in [-0.2, 0) is 18.5 Å². The number of likely N-dealkylation sites (tertiary alicyclic amines) is 1. The predicted octanol–water partition coefficient (Wildman–Crippen LogP) is 4.75. The number of rotatable bonds is 3. The Hall–Kier alpha value is -2.15. The number of nitrogens with one attached hydrogen (secondary N) is 2. The third kappa shape index (κ3) is 3.18. The molecule has 7 heteroatoms. The lowest BCUT2D eigenvalue weighted by Crippen LogP contribution is -2.54. The Morgan fingerprint density at radius 1 is 1.17 bits per heavy atom. The summed E-state index contributed by atoms with van der Waals surface area (Å²) in [6.07, 6.45) is 2.81. The number of nitrogens with zero attached hydrogens (tertiary/aromatic N) is 1. The smallest absolute Gasteiger partial charge is 0.149 e. The summed E-state index contributed by atoms with van der Waals surface area (Å²) < 4.78 is 33.2. The molecule has 158 valence electrons. The highest BCUT2D eigenvalue weighted by atomic mass is 35.5. The van der Waals surface area contributed by atoms with Crippen molar-refractivity contribution in [3.8, 4) is 5.75 Å². The highest BCUT2D eigenvalue weighted by molar-refractivity contribution is 6.30. The number of aromatic nitrogens is 1. The first-order chi connectivity index (χ1) is 14.5. The van der Waals surface area contributed by atoms with Crippen LogP contribution in [0.5, 0.6) is 5.75 Å². The molecule has 3 heterocycles. The highest BCUT2D eigenvalue weighted by Gasteiger charge is 2.41. The summed E-state index contributed by atoms with van der Waals surface area (Å²) in [5.74, 6) is -0.504. The molecular weight excluding hydrogens is 408 g/mol. The van der Waals surface area contributed by atoms with Crippen LogP contribution in [0.3, 0.4) is 0 Å². The number of halogens is 3. The van der Waals surface area contributed by atoms with Gasteiger partial charge in [-0.05, 0) is 49.1 Å². The molecule has 2 aliphatic rings. The van der Waals surface area contributed by atoms with Crippen molar-refractivity contribution in [2.75, 3.05) is 26.7 Å². The van der Waals surface area contributed by atoms with E-state index in [9.17, 15) is 8.78 Å². The Labute approximate surface area is 179 Å². The SMILES string of the molecule is COc1ccc2[nH]c3c(c2c1)CCNC31CCN(Cc2ccc(F)c(Cl)c2F)CC1. The van der Waals surface area contributed by atoms with Crippen molar-refractivity contribution < 1.29 is 13.5 Å². The molecule has 0 aliphatic carbocycles. The summed E-state index contributed by atoms with van der Waals surface area (Å²) in [5.41, 5.74) is 4.11. The summed E-state index contributed by atoms with van der Waals surface area (Å²) in [6, 6.07) is 8.90. The summed E-state index contributed by atoms with van der Waals surface area (Å²) in [5, 5.41) is 4.57. The van der Waals surface area contributed by atoms with Crippen LogP contribution < -0.4 is 10.1 Å². The number of hydrogen-bond donors (Lipinski definition) is 2. The maximum Gasteiger partial charge on any atom is 0.149 e. The van der Waals surface area contributed by atoms with E-state index < -0.39 is 16.7 Å². The molecule has 2 aliphatic heterocycles. The quantitative estimate of drug-likeness (QED) is 0.588. The second-order valence-electron chi connectivity index (χ2n) is 8.26. The van der Waals surface area contributed by atoms with E-state index in [0.29, 0.717) is 12.1 Å². The van der Waals surface area contributed by atoms with Gasteiger partial charge in [-0.1, -0.05) is 17.7 Å². The standard InChI is InChI=1S/C23H24ClF2N3O/c1-30-15-3-5-19-17(12-15)16-6-9-27-23(22(16)28-19)7-10-29(11-8-23)13-14-2-4-18(25)20(24)21(14)26/h2-5,12,27-28H,6-11,13H2,1H3. The largest absolute Gasteiger partial charge is 0.497 e. The first-order valence-electron chi connectivity index (χ1n) is 10.3. The molecule has 1 spiro atoms. The maximum atomic E-state index is 14.3. The fraction of sp³-hybridized carbons (Fsp3) is 0.391. The van der Waals surface area contributed by atoms with E-state index in [4.69, 9.17) is 16.3 Å². The van der Waals surface area contributed by atoms with Crippen molar-refractivity contribution >= 4 is 22.5 Å². The average Bonchev–Trinajstić information content (AvgIpc) is 3.15. The monoisotopic (exact) mass is 431 g/mol. The molecule has 5 rings (SSSR count). The van der Waals surface area contributed by atoms with E-state index >= 15 is 0 Å². The lowest BCUT2D eigenvalue weighted by molar-refractivity contribution is 0.120. The van der Waals surface area contributed by atoms with Gasteiger partial charge in [0.2, 0.25) is 0 Å². The minimum atomic E-state index is -0.718. The lowest BCUT2D eigenvalue weighted by atomic mass is 9.79. The van der Waals surface area contributed by atoms with Gasteiger partial charge in [0.15, 0.2) is 0 Å². The van der Waals surface area contributed by atoms with Gasteiger partial charge in [-0.25, -0.2) is 8.78 Å². The van der Waals surface area contributed by atoms with Crippen molar-refractivity contribution in [1.82, 2.24) is 15.2 Å². The van der Waals surface area contributed by atoms with Crippen LogP contribution in [0.2, 0.25) is 5.02 Å². The van der Waals surface area contributed by atoms with E-state index in [1.807, 2.05) is 6.07 Å². The van der Waals surface area contributed by atoms with Crippen LogP contribution in [0.15, 0.2) is 30.3 Å². The predicted molar refractivity (Wildman–Crippen MR) is 114 cm³/mol. The number of methoxy groups -OCH3 is 1. The Kier molecular flexibility index (Phi) is 4.96. The van der Waals surface area contributed by atoms with E-state index in [1.54, 1.807) is 7.11 Å². The molecule has 0 saturated carbocycles. The molecule has 0 bridgehead atoms. The van der Waals surface area contributed by atoms with E-state index in [2.05, 4.69) is 27.3 Å². The van der Waals surface area contributed by atoms with Crippen LogP contribution in [-0.4, -0.2) is 36.6 Å². The second-order valence-corrected chi connectivity index (χ2v) is 8.64. The van der Waals surface area contributed by atoms with Crippen molar-refractivity contribution in [2.24, 2.45) is 0 Å². The van der Waals surface area contributed by atoms with E-state index in [0.717, 1.165) is 50.2 Å². The van der Waals surface area contributed by atoms with Crippen molar-refractivity contribution in [2.45, 2.75) is 31.3 Å². The second kappa shape index (κ2) is 7.52. The van der Waals surface area contributed by atoms with Crippen molar-refractivity contribution in [1.29, 1.82) is 0 Å². The van der Waals surface area contributed by atoms with Gasteiger partial charge in [-0.2, -0.15) is 0 Å². The van der Waals surface area contributed by atoms with Gasteiger partial charge in [-0.3, -0.25) is 4.90 Å². The van der Waals surface area contributed by atoms with E-state index in [-0.39, 0.29) is 5.54 Å². The van der Waals surface area contributed by atoms with Crippen LogP contribution in [0.1, 0.15) is 29.7 Å². The van der Waals surface area contributed by atoms with Gasteiger partial charge in [0.05, 0.1) is 12.6 Å². The lowest BCUT2D eigenvalue weighted by Gasteiger charge is -2.45. The molecule has 1 saturated heterocycles. The zero-order valence-corrected chi connectivity index (χ0v) is 17.6. The number of benzene rings is 2. The third-order valence-electron chi connectivity index (χ3n) is 6.65. The molecule has 1 aromatic heterocycles. The van der Waals surface area contributed by atoms with Crippen molar-refractivity contribution in [3.05, 3.63) is 63.8 Å². The van der Waals surface area contributed by atoms with Crippen LogP contribution in [0, 0.1) is 11.6 Å². The summed E-state index contributed by atoms with van der Waals surface area (Å²) >= 11 is 5.74. The van der Waals surface area contributed by atoms with Gasteiger partial charge in [0, 0.05) is 48.3 Å². The molecule has 4 nitrogen and oxygen atoms in total. The fourth-order valence-corrected chi connectivity index (χ4v) is 5.17. The van der Waals surface area contributed by atoms with Gasteiger partial charge < -0.3 is 15.0 Å². The Bertz CT molecular complexity index is 1110. The van der Waals surface area contributed by atoms with Crippen LogP contribution in [0.25, 0.3) is 10.9 Å². The Balaban J connectivity index is 1.38. The number of H-pyrrole nitrogens is 1. The molecule has 2 N–H and O–H groups in total. The van der Waals surface area contributed by atoms with E-state index in [1.165, 1.54) is 28.8 Å². The van der Waals surface area contributed by atoms with Gasteiger partial charge in [-0.15, -0.1) is 0 Å². The maximum absolute atomic E-state index is 14.3. The zero-order chi connectivity index (χ0) is 20.9. The molecule has 1 fully saturated rings. The fourth-order valence-electron chi connectivity index (χ4n) is 4.99. The number of aromatic amines is 1. The molecule has 0 unspecified atom stereocenters. The first-order valence-corrected chi connectivity index (χ1v) is 10.7. The Morgan fingerprint density at radius 2 is 1.97 bits per heavy atom. The molecule has 0 amide bonds. The molecule has 0 radical (unpaired) electrons. The molecule has 2 aromatic carbocycles. The zero-order valence-electron chi connectivity index (χ0n) is 16.8. The number of fused-ring (bicyclic) bond motifs is 4. The third-order valence-corrected chi connectivity index (χ3v) is 7.00. The first kappa shape index (κ1) is 19.8. The summed E-state index contributed by atoms with van der Waals surface area (Å²) in [7, 11) is 1.69. The normalized spacial score (nSPS) is 18.7. The van der Waals surface area contributed by atoms with Gasteiger partial charge >= 0.3 is 0 Å². The minimum absolute atomic E-state index is 0.102. The molecular formula is C23H24ClF2N3O. The van der Waals surface area contributed by atoms with Crippen LogP contribution >= 0.6 is 11.6 Å². The van der Waals surface area contributed by atoms with Crippen LogP contribution in [0.4, 0.5) is 8.78 Å². The minimum Gasteiger partial charge on any atom is -0.497 e. The average molecular weight is 432 g/mol. The highest BCUT2D eigenvalue weighted by Crippen LogP contribution is 2.41. The Morgan fingerprint density at radius 3 is 2.73 bits per heavy atom. The topological polar surface area (TPSA) is 40.3 Å². The summed E-state index contributed by atoms with van der Waals surface area (Å²) in [6.45, 7) is 3.00. The van der Waals surface area contributed by atoms with Gasteiger partial charge in [0.1, 0.15) is 22.4 Å². The number of piperidine rings is 1. The number of ether oxygens (including phenoxy) is 1. The van der Waals surface area contributed by atoms with Gasteiger partial charge in [0.25, 0.3) is 0 Å². The molecule has 0 atom stereocenters. The molecule has 30 heavy (non-hydrogen) atoms. The molecule has 3 aromatic rings. The summed E-state index contributed by atoms with van der Waals surface area (Å²) in [4.78, 5) is 5.87. The number of hydrogen-bond acceptors (Lipinski definition) is 3.